The van der Waals surface area contributed by atoms with Crippen LogP contribution in [0.5, 0.6) is 0 Å². The van der Waals surface area contributed by atoms with Crippen molar-refractivity contribution >= 4 is 0 Å². The Hall–Kier alpha value is -1.11. The highest BCUT2D eigenvalue weighted by Gasteiger charge is 2.19. The molecule has 1 fully saturated rings. The van der Waals surface area contributed by atoms with E-state index in [1.807, 2.05) is 18.2 Å². The van der Waals surface area contributed by atoms with Crippen LogP contribution in [0.3, 0.4) is 0 Å². The van der Waals surface area contributed by atoms with Gasteiger partial charge in [-0.05, 0) is 13.0 Å². The molecule has 0 saturated carbocycles. The maximum atomic E-state index is 8.45. The van der Waals surface area contributed by atoms with Crippen molar-refractivity contribution in [2.45, 2.75) is 19.4 Å². The maximum Gasteiger partial charge on any atom is 0.0908 e. The number of nitriles is 1. The van der Waals surface area contributed by atoms with Crippen molar-refractivity contribution in [3.05, 3.63) is 24.8 Å². The first-order valence-electron chi connectivity index (χ1n) is 5.95. The molecule has 0 aromatic rings. The van der Waals surface area contributed by atoms with Gasteiger partial charge in [-0.1, -0.05) is 19.1 Å². The Morgan fingerprint density at radius 1 is 1.38 bits per heavy atom. The predicted molar refractivity (Wildman–Crippen MR) is 67.0 cm³/mol. The minimum atomic E-state index is 0.378. The molecule has 1 rings (SSSR count). The molecule has 88 valence electrons. The van der Waals surface area contributed by atoms with Gasteiger partial charge >= 0.3 is 0 Å². The highest BCUT2D eigenvalue weighted by atomic mass is 15.3. The zero-order chi connectivity index (χ0) is 11.8. The van der Waals surface area contributed by atoms with Gasteiger partial charge in [-0.3, -0.25) is 4.90 Å². The Labute approximate surface area is 98.6 Å². The lowest BCUT2D eigenvalue weighted by Gasteiger charge is -2.37. The van der Waals surface area contributed by atoms with E-state index in [-0.39, 0.29) is 0 Å². The molecule has 1 unspecified atom stereocenters. The third-order valence-corrected chi connectivity index (χ3v) is 3.17. The minimum absolute atomic E-state index is 0.378. The Morgan fingerprint density at radius 2 is 2.06 bits per heavy atom. The van der Waals surface area contributed by atoms with E-state index in [1.165, 1.54) is 0 Å². The standard InChI is InChI=1S/C13H21N3/c1-3-13(7-5-6-8-14)16-11-9-15(4-2)10-12-16/h3,5-6,13H,1,4,7,9-12H2,2H3/b6-5+. The summed E-state index contributed by atoms with van der Waals surface area (Å²) in [6, 6.07) is 2.40. The molecule has 0 amide bonds. The van der Waals surface area contributed by atoms with E-state index in [1.54, 1.807) is 6.08 Å². The Morgan fingerprint density at radius 3 is 2.56 bits per heavy atom. The highest BCUT2D eigenvalue weighted by molar-refractivity contribution is 5.05. The number of rotatable bonds is 5. The molecule has 16 heavy (non-hydrogen) atoms. The van der Waals surface area contributed by atoms with Crippen molar-refractivity contribution < 1.29 is 0 Å². The van der Waals surface area contributed by atoms with E-state index in [9.17, 15) is 0 Å². The smallest absolute Gasteiger partial charge is 0.0908 e. The molecule has 1 heterocycles. The van der Waals surface area contributed by atoms with E-state index >= 15 is 0 Å². The van der Waals surface area contributed by atoms with Gasteiger partial charge in [0.1, 0.15) is 0 Å². The van der Waals surface area contributed by atoms with Crippen LogP contribution in [-0.4, -0.2) is 48.6 Å². The fraction of sp³-hybridized carbons (Fsp3) is 0.615. The SMILES string of the molecule is C=CC(C/C=C/C#N)N1CCN(CC)CC1. The molecular formula is C13H21N3. The van der Waals surface area contributed by atoms with Crippen molar-refractivity contribution in [1.82, 2.24) is 9.80 Å². The summed E-state index contributed by atoms with van der Waals surface area (Å²) in [7, 11) is 0. The Bertz CT molecular complexity index is 269. The number of hydrogen-bond acceptors (Lipinski definition) is 3. The minimum Gasteiger partial charge on any atom is -0.301 e. The molecular weight excluding hydrogens is 198 g/mol. The van der Waals surface area contributed by atoms with Gasteiger partial charge in [0.25, 0.3) is 0 Å². The lowest BCUT2D eigenvalue weighted by molar-refractivity contribution is 0.117. The highest BCUT2D eigenvalue weighted by Crippen LogP contribution is 2.10. The first-order valence-corrected chi connectivity index (χ1v) is 5.95. The molecule has 0 aromatic heterocycles. The summed E-state index contributed by atoms with van der Waals surface area (Å²) < 4.78 is 0. The predicted octanol–water partition coefficient (Wildman–Crippen LogP) is 1.65. The fourth-order valence-electron chi connectivity index (χ4n) is 2.07. The van der Waals surface area contributed by atoms with Crippen LogP contribution >= 0.6 is 0 Å². The molecule has 3 nitrogen and oxygen atoms in total. The van der Waals surface area contributed by atoms with E-state index in [0.29, 0.717) is 6.04 Å². The molecule has 0 aliphatic carbocycles. The summed E-state index contributed by atoms with van der Waals surface area (Å²) in [5.41, 5.74) is 0. The summed E-state index contributed by atoms with van der Waals surface area (Å²) >= 11 is 0. The average molecular weight is 219 g/mol. The summed E-state index contributed by atoms with van der Waals surface area (Å²) in [6.07, 6.45) is 6.36. The number of nitrogens with zero attached hydrogens (tertiary/aromatic N) is 3. The van der Waals surface area contributed by atoms with Gasteiger partial charge in [0.05, 0.1) is 6.07 Å². The first kappa shape index (κ1) is 13.0. The van der Waals surface area contributed by atoms with Crippen LogP contribution in [0.1, 0.15) is 13.3 Å². The molecule has 1 saturated heterocycles. The van der Waals surface area contributed by atoms with Gasteiger partial charge < -0.3 is 4.90 Å². The molecule has 1 aliphatic heterocycles. The Kier molecular flexibility index (Phi) is 5.84. The molecule has 1 aliphatic rings. The molecule has 3 heteroatoms. The fourth-order valence-corrected chi connectivity index (χ4v) is 2.07. The molecule has 0 spiro atoms. The van der Waals surface area contributed by atoms with Crippen molar-refractivity contribution in [3.63, 3.8) is 0 Å². The van der Waals surface area contributed by atoms with Crippen LogP contribution in [-0.2, 0) is 0 Å². The molecule has 0 radical (unpaired) electrons. The van der Waals surface area contributed by atoms with Crippen LogP contribution in [0.25, 0.3) is 0 Å². The van der Waals surface area contributed by atoms with Crippen LogP contribution in [0.2, 0.25) is 0 Å². The summed E-state index contributed by atoms with van der Waals surface area (Å²) in [4.78, 5) is 4.91. The average Bonchev–Trinajstić information content (AvgIpc) is 2.35. The second kappa shape index (κ2) is 7.21. The summed E-state index contributed by atoms with van der Waals surface area (Å²) in [6.45, 7) is 11.7. The van der Waals surface area contributed by atoms with Crippen molar-refractivity contribution in [2.24, 2.45) is 0 Å². The quantitative estimate of drug-likeness (QED) is 0.520. The second-order valence-electron chi connectivity index (χ2n) is 4.04. The third-order valence-electron chi connectivity index (χ3n) is 3.17. The summed E-state index contributed by atoms with van der Waals surface area (Å²) in [5, 5.41) is 8.45. The molecule has 0 N–H and O–H groups in total. The first-order chi connectivity index (χ1) is 7.81. The van der Waals surface area contributed by atoms with Crippen LogP contribution in [0, 0.1) is 11.3 Å². The third kappa shape index (κ3) is 3.80. The summed E-state index contributed by atoms with van der Waals surface area (Å²) in [5.74, 6) is 0. The van der Waals surface area contributed by atoms with Crippen molar-refractivity contribution in [3.8, 4) is 6.07 Å². The van der Waals surface area contributed by atoms with Gasteiger partial charge in [0, 0.05) is 38.3 Å². The van der Waals surface area contributed by atoms with E-state index < -0.39 is 0 Å². The normalized spacial score (nSPS) is 20.8. The van der Waals surface area contributed by atoms with Crippen LogP contribution < -0.4 is 0 Å². The Balaban J connectivity index is 2.40. The van der Waals surface area contributed by atoms with E-state index in [2.05, 4.69) is 23.3 Å². The second-order valence-corrected chi connectivity index (χ2v) is 4.04. The largest absolute Gasteiger partial charge is 0.301 e. The number of hydrogen-bond donors (Lipinski definition) is 0. The number of piperazine rings is 1. The van der Waals surface area contributed by atoms with Crippen LogP contribution in [0.4, 0.5) is 0 Å². The maximum absolute atomic E-state index is 8.45. The lowest BCUT2D eigenvalue weighted by Crippen LogP contribution is -2.49. The van der Waals surface area contributed by atoms with Gasteiger partial charge in [-0.15, -0.1) is 6.58 Å². The number of likely N-dealkylation sites (N-methyl/N-ethyl adjacent to an activating group) is 1. The van der Waals surface area contributed by atoms with Gasteiger partial charge in [-0.2, -0.15) is 5.26 Å². The zero-order valence-electron chi connectivity index (χ0n) is 10.1. The van der Waals surface area contributed by atoms with Gasteiger partial charge in [0.15, 0.2) is 0 Å². The van der Waals surface area contributed by atoms with Crippen LogP contribution in [0.15, 0.2) is 24.8 Å². The topological polar surface area (TPSA) is 30.3 Å². The molecule has 0 aromatic carbocycles. The van der Waals surface area contributed by atoms with E-state index in [4.69, 9.17) is 5.26 Å². The van der Waals surface area contributed by atoms with Crippen molar-refractivity contribution in [2.75, 3.05) is 32.7 Å². The molecule has 0 bridgehead atoms. The van der Waals surface area contributed by atoms with Gasteiger partial charge in [-0.25, -0.2) is 0 Å². The van der Waals surface area contributed by atoms with Crippen molar-refractivity contribution in [1.29, 1.82) is 5.26 Å². The molecule has 1 atom stereocenters. The van der Waals surface area contributed by atoms with Gasteiger partial charge in [0.2, 0.25) is 0 Å². The van der Waals surface area contributed by atoms with E-state index in [0.717, 1.165) is 39.1 Å². The zero-order valence-corrected chi connectivity index (χ0v) is 10.1. The number of allylic oxidation sites excluding steroid dienone is 1. The monoisotopic (exact) mass is 219 g/mol. The lowest BCUT2D eigenvalue weighted by atomic mass is 10.1.